The minimum Gasteiger partial charge on any atom is -0.347 e. The Morgan fingerprint density at radius 3 is 2.79 bits per heavy atom. The van der Waals surface area contributed by atoms with E-state index in [9.17, 15) is 9.18 Å². The maximum Gasteiger partial charge on any atom is 0.256 e. The molecule has 1 heterocycles. The van der Waals surface area contributed by atoms with Gasteiger partial charge >= 0.3 is 0 Å². The number of hydrogen-bond acceptors (Lipinski definition) is 3. The van der Waals surface area contributed by atoms with Gasteiger partial charge in [-0.2, -0.15) is 0 Å². The van der Waals surface area contributed by atoms with E-state index in [0.29, 0.717) is 6.54 Å². The van der Waals surface area contributed by atoms with E-state index in [-0.39, 0.29) is 10.6 Å². The summed E-state index contributed by atoms with van der Waals surface area (Å²) in [4.78, 5) is 17.1. The van der Waals surface area contributed by atoms with Crippen molar-refractivity contribution in [3.05, 3.63) is 50.2 Å². The van der Waals surface area contributed by atoms with Crippen molar-refractivity contribution in [1.82, 2.24) is 10.3 Å². The van der Waals surface area contributed by atoms with Crippen molar-refractivity contribution in [2.75, 3.05) is 0 Å². The molecule has 0 atom stereocenters. The number of halogens is 2. The first-order valence-electron chi connectivity index (χ1n) is 5.64. The number of hydrogen-bond donors (Lipinski definition) is 1. The summed E-state index contributed by atoms with van der Waals surface area (Å²) in [6, 6.07) is 4.16. The zero-order chi connectivity index (χ0) is 14.0. The number of amides is 1. The quantitative estimate of drug-likeness (QED) is 0.942. The van der Waals surface area contributed by atoms with Gasteiger partial charge < -0.3 is 5.32 Å². The van der Waals surface area contributed by atoms with Crippen molar-refractivity contribution >= 4 is 28.8 Å². The number of nitrogens with zero attached hydrogens (tertiary/aromatic N) is 1. The molecule has 2 rings (SSSR count). The number of benzene rings is 1. The van der Waals surface area contributed by atoms with Gasteiger partial charge in [0.1, 0.15) is 5.82 Å². The van der Waals surface area contributed by atoms with Crippen molar-refractivity contribution in [2.24, 2.45) is 0 Å². The van der Waals surface area contributed by atoms with E-state index in [0.717, 1.165) is 15.6 Å². The van der Waals surface area contributed by atoms with Crippen molar-refractivity contribution in [2.45, 2.75) is 20.4 Å². The predicted molar refractivity (Wildman–Crippen MR) is 74.2 cm³/mol. The molecule has 0 unspecified atom stereocenters. The molecule has 0 spiro atoms. The standard InChI is InChI=1S/C13H12ClFN2OS/c1-7-11(19-8(2)17-7)6-16-13(18)12-9(14)4-3-5-10(12)15/h3-5H,6H2,1-2H3,(H,16,18). The Morgan fingerprint density at radius 2 is 2.21 bits per heavy atom. The third kappa shape index (κ3) is 3.11. The minimum atomic E-state index is -0.623. The number of aryl methyl sites for hydroxylation is 2. The van der Waals surface area contributed by atoms with Crippen LogP contribution in [0.2, 0.25) is 5.02 Å². The second-order valence-corrected chi connectivity index (χ2v) is 5.72. The number of nitrogens with one attached hydrogen (secondary N) is 1. The van der Waals surface area contributed by atoms with E-state index in [1.54, 1.807) is 0 Å². The van der Waals surface area contributed by atoms with Crippen LogP contribution >= 0.6 is 22.9 Å². The lowest BCUT2D eigenvalue weighted by Gasteiger charge is -2.06. The first kappa shape index (κ1) is 14.0. The largest absolute Gasteiger partial charge is 0.347 e. The number of rotatable bonds is 3. The van der Waals surface area contributed by atoms with Crippen LogP contribution in [0.1, 0.15) is 25.9 Å². The third-order valence-electron chi connectivity index (χ3n) is 2.60. The highest BCUT2D eigenvalue weighted by Gasteiger charge is 2.16. The molecule has 3 nitrogen and oxygen atoms in total. The highest BCUT2D eigenvalue weighted by atomic mass is 35.5. The molecule has 0 aliphatic heterocycles. The molecule has 0 aliphatic carbocycles. The van der Waals surface area contributed by atoms with E-state index < -0.39 is 11.7 Å². The van der Waals surface area contributed by atoms with Crippen LogP contribution in [0.3, 0.4) is 0 Å². The average molecular weight is 299 g/mol. The fourth-order valence-electron chi connectivity index (χ4n) is 1.70. The summed E-state index contributed by atoms with van der Waals surface area (Å²) in [5.74, 6) is -1.14. The highest BCUT2D eigenvalue weighted by Crippen LogP contribution is 2.20. The molecule has 1 aromatic carbocycles. The van der Waals surface area contributed by atoms with Gasteiger partial charge in [-0.1, -0.05) is 17.7 Å². The van der Waals surface area contributed by atoms with Crippen LogP contribution in [0.25, 0.3) is 0 Å². The molecule has 0 bridgehead atoms. The Bertz CT molecular complexity index is 607. The maximum atomic E-state index is 13.6. The smallest absolute Gasteiger partial charge is 0.256 e. The van der Waals surface area contributed by atoms with Crippen LogP contribution in [-0.2, 0) is 6.54 Å². The van der Waals surface area contributed by atoms with Crippen LogP contribution in [-0.4, -0.2) is 10.9 Å². The van der Waals surface area contributed by atoms with E-state index in [2.05, 4.69) is 10.3 Å². The third-order valence-corrected chi connectivity index (χ3v) is 3.99. The Hall–Kier alpha value is -1.46. The van der Waals surface area contributed by atoms with Gasteiger partial charge in [-0.3, -0.25) is 4.79 Å². The molecule has 0 fully saturated rings. The SMILES string of the molecule is Cc1nc(C)c(CNC(=O)c2c(F)cccc2Cl)s1. The Morgan fingerprint density at radius 1 is 1.47 bits per heavy atom. The molecular weight excluding hydrogens is 287 g/mol. The minimum absolute atomic E-state index is 0.106. The van der Waals surface area contributed by atoms with Crippen LogP contribution in [0.5, 0.6) is 0 Å². The molecule has 0 radical (unpaired) electrons. The van der Waals surface area contributed by atoms with Crippen molar-refractivity contribution in [3.63, 3.8) is 0 Å². The molecular formula is C13H12ClFN2OS. The van der Waals surface area contributed by atoms with Gasteiger partial charge in [0.05, 0.1) is 27.8 Å². The Kier molecular flexibility index (Phi) is 4.17. The van der Waals surface area contributed by atoms with Gasteiger partial charge in [-0.15, -0.1) is 11.3 Å². The molecule has 19 heavy (non-hydrogen) atoms. The van der Waals surface area contributed by atoms with Gasteiger partial charge in [0, 0.05) is 4.88 Å². The number of thiazole rings is 1. The second kappa shape index (κ2) is 5.67. The second-order valence-electron chi connectivity index (χ2n) is 4.02. The zero-order valence-electron chi connectivity index (χ0n) is 10.5. The molecule has 100 valence electrons. The number of aromatic nitrogens is 1. The van der Waals surface area contributed by atoms with Crippen LogP contribution in [0.15, 0.2) is 18.2 Å². The average Bonchev–Trinajstić information content (AvgIpc) is 2.65. The molecule has 6 heteroatoms. The number of carbonyl (C=O) groups excluding carboxylic acids is 1. The predicted octanol–water partition coefficient (Wildman–Crippen LogP) is 3.48. The van der Waals surface area contributed by atoms with E-state index in [1.807, 2.05) is 13.8 Å². The van der Waals surface area contributed by atoms with Gasteiger partial charge in [-0.25, -0.2) is 9.37 Å². The van der Waals surface area contributed by atoms with Gasteiger partial charge in [0.2, 0.25) is 0 Å². The Labute approximate surface area is 119 Å². The summed E-state index contributed by atoms with van der Waals surface area (Å²) in [5.41, 5.74) is 0.755. The lowest BCUT2D eigenvalue weighted by Crippen LogP contribution is -2.24. The van der Waals surface area contributed by atoms with Crippen molar-refractivity contribution < 1.29 is 9.18 Å². The summed E-state index contributed by atoms with van der Waals surface area (Å²) in [6.45, 7) is 4.10. The van der Waals surface area contributed by atoms with Crippen molar-refractivity contribution in [3.8, 4) is 0 Å². The normalized spacial score (nSPS) is 10.5. The highest BCUT2D eigenvalue weighted by molar-refractivity contribution is 7.11. The maximum absolute atomic E-state index is 13.6. The molecule has 0 saturated carbocycles. The summed E-state index contributed by atoms with van der Waals surface area (Å²) in [7, 11) is 0. The lowest BCUT2D eigenvalue weighted by molar-refractivity contribution is 0.0947. The summed E-state index contributed by atoms with van der Waals surface area (Å²) in [6.07, 6.45) is 0. The summed E-state index contributed by atoms with van der Waals surface area (Å²) < 4.78 is 13.6. The van der Waals surface area contributed by atoms with Gasteiger partial charge in [-0.05, 0) is 26.0 Å². The molecule has 0 saturated heterocycles. The van der Waals surface area contributed by atoms with Gasteiger partial charge in [0.15, 0.2) is 0 Å². The first-order valence-corrected chi connectivity index (χ1v) is 6.83. The fourth-order valence-corrected chi connectivity index (χ4v) is 2.83. The van der Waals surface area contributed by atoms with Crippen molar-refractivity contribution in [1.29, 1.82) is 0 Å². The van der Waals surface area contributed by atoms with Crippen LogP contribution < -0.4 is 5.32 Å². The molecule has 0 aliphatic rings. The van der Waals surface area contributed by atoms with E-state index in [4.69, 9.17) is 11.6 Å². The molecule has 1 N–H and O–H groups in total. The molecule has 1 amide bonds. The first-order chi connectivity index (χ1) is 8.99. The van der Waals surface area contributed by atoms with E-state index >= 15 is 0 Å². The monoisotopic (exact) mass is 298 g/mol. The summed E-state index contributed by atoms with van der Waals surface area (Å²) >= 11 is 7.34. The molecule has 2 aromatic rings. The van der Waals surface area contributed by atoms with E-state index in [1.165, 1.54) is 29.5 Å². The van der Waals surface area contributed by atoms with Crippen LogP contribution in [0.4, 0.5) is 4.39 Å². The van der Waals surface area contributed by atoms with Gasteiger partial charge in [0.25, 0.3) is 5.91 Å². The molecule has 1 aromatic heterocycles. The lowest BCUT2D eigenvalue weighted by atomic mass is 10.2. The fraction of sp³-hybridized carbons (Fsp3) is 0.231. The Balaban J connectivity index is 2.12. The summed E-state index contributed by atoms with van der Waals surface area (Å²) in [5, 5.41) is 3.70. The zero-order valence-corrected chi connectivity index (χ0v) is 12.0. The van der Waals surface area contributed by atoms with Crippen LogP contribution in [0, 0.1) is 19.7 Å². The topological polar surface area (TPSA) is 42.0 Å². The number of carbonyl (C=O) groups is 1.